The zero-order chi connectivity index (χ0) is 18.4. The smallest absolute Gasteiger partial charge is 0.155 e. The van der Waals surface area contributed by atoms with Gasteiger partial charge in [0.25, 0.3) is 0 Å². The molecule has 0 saturated carbocycles. The van der Waals surface area contributed by atoms with Crippen LogP contribution in [0.3, 0.4) is 0 Å². The molecule has 3 rings (SSSR count). The van der Waals surface area contributed by atoms with Crippen LogP contribution < -0.4 is 0 Å². The Labute approximate surface area is 168 Å². The van der Waals surface area contributed by atoms with Crippen molar-refractivity contribution in [2.45, 2.75) is 27.7 Å². The zero-order valence-electron chi connectivity index (χ0n) is 15.3. The number of benzene rings is 2. The van der Waals surface area contributed by atoms with Crippen molar-refractivity contribution in [2.75, 3.05) is 0 Å². The van der Waals surface area contributed by atoms with E-state index in [-0.39, 0.29) is 31.6 Å². The van der Waals surface area contributed by atoms with Gasteiger partial charge in [0.05, 0.1) is 11.3 Å². The van der Waals surface area contributed by atoms with Crippen molar-refractivity contribution < 1.29 is 30.0 Å². The van der Waals surface area contributed by atoms with Crippen LogP contribution in [-0.2, 0) is 24.9 Å². The topological polar surface area (TPSA) is 50.2 Å². The fraction of sp³-hybridized carbons (Fsp3) is 0.182. The average Bonchev–Trinajstić information content (AvgIpc) is 2.56. The van der Waals surface area contributed by atoms with E-state index in [1.54, 1.807) is 0 Å². The van der Waals surface area contributed by atoms with Gasteiger partial charge in [0.1, 0.15) is 0 Å². The first-order valence-corrected chi connectivity index (χ1v) is 8.10. The second kappa shape index (κ2) is 10.0. The Morgan fingerprint density at radius 1 is 1.08 bits per heavy atom. The molecule has 1 N–H and O–H groups in total. The van der Waals surface area contributed by atoms with Crippen LogP contribution in [0.4, 0.5) is 0 Å². The molecule has 0 aliphatic heterocycles. The molecule has 0 aliphatic carbocycles. The Bertz CT molecular complexity index is 928. The van der Waals surface area contributed by atoms with Crippen LogP contribution >= 0.6 is 0 Å². The number of rotatable bonds is 2. The molecule has 0 bridgehead atoms. The number of hydrogen-bond acceptors (Lipinski definition) is 3. The first-order valence-electron chi connectivity index (χ1n) is 8.10. The van der Waals surface area contributed by atoms with E-state index < -0.39 is 0 Å². The number of fused-ring (bicyclic) bond motifs is 1. The molecule has 3 aromatic rings. The maximum Gasteiger partial charge on any atom is 0.155 e. The predicted molar refractivity (Wildman–Crippen MR) is 103 cm³/mol. The standard InChI is InChI=1S/C17H14N.C5H8O2.Ir/c1-12-7-8-15(11-13(12)2)17-10-9-14-5-3-4-6-16(14)18-17;1-4(6)3-5(2)7;/h3-7,9-11H,1-2H3;3,6H,1-2H3;/q-1;;/b;4-3-;. The molecule has 0 spiro atoms. The van der Waals surface area contributed by atoms with Crippen molar-refractivity contribution in [1.29, 1.82) is 0 Å². The fourth-order valence-corrected chi connectivity index (χ4v) is 2.33. The van der Waals surface area contributed by atoms with Gasteiger partial charge in [-0.1, -0.05) is 44.2 Å². The van der Waals surface area contributed by atoms with E-state index in [4.69, 9.17) is 5.11 Å². The third-order valence-electron chi connectivity index (χ3n) is 3.71. The van der Waals surface area contributed by atoms with Gasteiger partial charge in [0, 0.05) is 26.2 Å². The van der Waals surface area contributed by atoms with Crippen LogP contribution in [0.1, 0.15) is 25.0 Å². The van der Waals surface area contributed by atoms with Crippen LogP contribution in [-0.4, -0.2) is 15.9 Å². The fourth-order valence-electron chi connectivity index (χ4n) is 2.33. The number of allylic oxidation sites excluding steroid dienone is 2. The molecule has 0 unspecified atom stereocenters. The summed E-state index contributed by atoms with van der Waals surface area (Å²) in [5.41, 5.74) is 5.61. The minimum Gasteiger partial charge on any atom is -0.512 e. The molecule has 1 heterocycles. The van der Waals surface area contributed by atoms with E-state index in [0.717, 1.165) is 16.8 Å². The van der Waals surface area contributed by atoms with Crippen molar-refractivity contribution in [3.05, 3.63) is 77.6 Å². The molecule has 1 aromatic heterocycles. The Morgan fingerprint density at radius 3 is 2.35 bits per heavy atom. The second-order valence-electron chi connectivity index (χ2n) is 6.00. The normalized spacial score (nSPS) is 10.5. The van der Waals surface area contributed by atoms with Crippen LogP contribution in [0.5, 0.6) is 0 Å². The van der Waals surface area contributed by atoms with Gasteiger partial charge in [-0.05, 0) is 31.0 Å². The number of para-hydroxylation sites is 1. The molecule has 26 heavy (non-hydrogen) atoms. The van der Waals surface area contributed by atoms with Crippen molar-refractivity contribution in [3.8, 4) is 11.3 Å². The van der Waals surface area contributed by atoms with E-state index >= 15 is 0 Å². The van der Waals surface area contributed by atoms with Crippen LogP contribution in [0.25, 0.3) is 22.2 Å². The number of aromatic nitrogens is 1. The van der Waals surface area contributed by atoms with Crippen LogP contribution in [0.15, 0.2) is 60.4 Å². The van der Waals surface area contributed by atoms with E-state index in [0.29, 0.717) is 0 Å². The largest absolute Gasteiger partial charge is 0.512 e. The third kappa shape index (κ3) is 6.21. The SMILES string of the molecule is CC(=O)/C=C(/C)O.Cc1c[c-]c(-c2ccc3ccccc3n2)cc1C.[Ir]. The summed E-state index contributed by atoms with van der Waals surface area (Å²) in [6.07, 6.45) is 1.17. The van der Waals surface area contributed by atoms with Crippen LogP contribution in [0.2, 0.25) is 0 Å². The number of nitrogens with zero attached hydrogens (tertiary/aromatic N) is 1. The summed E-state index contributed by atoms with van der Waals surface area (Å²) in [6.45, 7) is 7.07. The summed E-state index contributed by atoms with van der Waals surface area (Å²) in [6, 6.07) is 19.8. The number of aliphatic hydroxyl groups is 1. The van der Waals surface area contributed by atoms with E-state index in [1.807, 2.05) is 24.3 Å². The Hall–Kier alpha value is -2.29. The van der Waals surface area contributed by atoms with E-state index in [1.165, 1.54) is 36.4 Å². The minimum absolute atomic E-state index is 0. The molecular formula is C22H22IrNO2-. The molecule has 3 nitrogen and oxygen atoms in total. The number of hydrogen-bond donors (Lipinski definition) is 1. The minimum atomic E-state index is -0.125. The number of carbonyl (C=O) groups is 1. The number of pyridine rings is 1. The number of ketones is 1. The Balaban J connectivity index is 0.000000366. The molecule has 2 aromatic carbocycles. The van der Waals surface area contributed by atoms with Crippen molar-refractivity contribution >= 4 is 16.7 Å². The Kier molecular flexibility index (Phi) is 8.37. The number of aryl methyl sites for hydroxylation is 2. The average molecular weight is 525 g/mol. The maximum absolute atomic E-state index is 10.0. The first-order chi connectivity index (χ1) is 11.9. The molecule has 0 fully saturated rings. The summed E-state index contributed by atoms with van der Waals surface area (Å²) >= 11 is 0. The molecule has 0 saturated heterocycles. The maximum atomic E-state index is 10.0. The number of aliphatic hydroxyl groups excluding tert-OH is 1. The van der Waals surface area contributed by atoms with Gasteiger partial charge in [-0.15, -0.1) is 34.9 Å². The summed E-state index contributed by atoms with van der Waals surface area (Å²) < 4.78 is 0. The van der Waals surface area contributed by atoms with Gasteiger partial charge in [-0.2, -0.15) is 0 Å². The monoisotopic (exact) mass is 525 g/mol. The number of carbonyl (C=O) groups excluding carboxylic acids is 1. The molecule has 137 valence electrons. The molecule has 0 amide bonds. The third-order valence-corrected chi connectivity index (χ3v) is 3.71. The predicted octanol–water partition coefficient (Wildman–Crippen LogP) is 5.35. The summed E-state index contributed by atoms with van der Waals surface area (Å²) in [5.74, 6) is -0.0625. The summed E-state index contributed by atoms with van der Waals surface area (Å²) in [5, 5.41) is 9.53. The molecule has 0 aliphatic rings. The van der Waals surface area contributed by atoms with E-state index in [9.17, 15) is 4.79 Å². The van der Waals surface area contributed by atoms with Gasteiger partial charge < -0.3 is 5.11 Å². The first kappa shape index (κ1) is 21.8. The second-order valence-corrected chi connectivity index (χ2v) is 6.00. The van der Waals surface area contributed by atoms with Crippen molar-refractivity contribution in [2.24, 2.45) is 0 Å². The van der Waals surface area contributed by atoms with Gasteiger partial charge in [0.15, 0.2) is 5.78 Å². The van der Waals surface area contributed by atoms with Gasteiger partial charge in [0.2, 0.25) is 0 Å². The van der Waals surface area contributed by atoms with Gasteiger partial charge >= 0.3 is 0 Å². The van der Waals surface area contributed by atoms with Gasteiger partial charge in [-0.3, -0.25) is 9.78 Å². The molecule has 1 radical (unpaired) electrons. The van der Waals surface area contributed by atoms with Crippen molar-refractivity contribution in [3.63, 3.8) is 0 Å². The van der Waals surface area contributed by atoms with Crippen molar-refractivity contribution in [1.82, 2.24) is 4.98 Å². The van der Waals surface area contributed by atoms with Crippen LogP contribution in [0, 0.1) is 19.9 Å². The van der Waals surface area contributed by atoms with E-state index in [2.05, 4.69) is 49.2 Å². The summed E-state index contributed by atoms with van der Waals surface area (Å²) in [7, 11) is 0. The quantitative estimate of drug-likeness (QED) is 0.279. The molecule has 4 heteroatoms. The molecule has 0 atom stereocenters. The van der Waals surface area contributed by atoms with Gasteiger partial charge in [-0.25, -0.2) is 0 Å². The zero-order valence-corrected chi connectivity index (χ0v) is 17.7. The molecular weight excluding hydrogens is 502 g/mol. The Morgan fingerprint density at radius 2 is 1.77 bits per heavy atom. The summed E-state index contributed by atoms with van der Waals surface area (Å²) in [4.78, 5) is 14.7.